The molecule has 0 unspecified atom stereocenters. The fraction of sp³-hybridized carbons (Fsp3) is 0.419. The molecule has 13 heteroatoms. The fourth-order valence-electron chi connectivity index (χ4n) is 6.44. The minimum atomic E-state index is -3.82. The highest BCUT2D eigenvalue weighted by Gasteiger charge is 2.37. The van der Waals surface area contributed by atoms with Crippen molar-refractivity contribution in [2.75, 3.05) is 31.5 Å². The minimum Gasteiger partial charge on any atom is -0.364 e. The summed E-state index contributed by atoms with van der Waals surface area (Å²) >= 11 is 0. The fourth-order valence-corrected chi connectivity index (χ4v) is 7.89. The lowest BCUT2D eigenvalue weighted by Crippen LogP contribution is -2.49. The van der Waals surface area contributed by atoms with E-state index in [0.717, 1.165) is 41.5 Å². The van der Waals surface area contributed by atoms with Gasteiger partial charge in [0.15, 0.2) is 0 Å². The largest absolute Gasteiger partial charge is 0.364 e. The highest BCUT2D eigenvalue weighted by Crippen LogP contribution is 2.36. The Bertz CT molecular complexity index is 1820. The molecule has 0 amide bonds. The zero-order chi connectivity index (χ0) is 31.0. The van der Waals surface area contributed by atoms with E-state index in [1.165, 1.54) is 33.5 Å². The van der Waals surface area contributed by atoms with E-state index < -0.39 is 28.1 Å². The van der Waals surface area contributed by atoms with Gasteiger partial charge in [0.2, 0.25) is 10.0 Å². The first-order valence-electron chi connectivity index (χ1n) is 14.7. The van der Waals surface area contributed by atoms with Crippen molar-refractivity contribution >= 4 is 26.6 Å². The van der Waals surface area contributed by atoms with E-state index in [0.29, 0.717) is 17.9 Å². The number of alkyl halides is 1. The summed E-state index contributed by atoms with van der Waals surface area (Å²) < 4.78 is 57.8. The maximum absolute atomic E-state index is 15.4. The molecule has 0 spiro atoms. The van der Waals surface area contributed by atoms with Crippen molar-refractivity contribution in [3.63, 3.8) is 0 Å². The highest BCUT2D eigenvalue weighted by atomic mass is 32.2. The SMILES string of the molecule is C[C@@H]1CN(Cc2cc(F)cc(C#N)c2)CC[C@H]1c1nccc2cnc(N[C@@H]3CCN(S(=O)(=O)c4cnn(C)c4)C[C@H]3F)cc12. The first kappa shape index (κ1) is 30.1. The molecule has 44 heavy (non-hydrogen) atoms. The van der Waals surface area contributed by atoms with Gasteiger partial charge in [0.1, 0.15) is 22.7 Å². The Balaban J connectivity index is 1.14. The predicted molar refractivity (Wildman–Crippen MR) is 161 cm³/mol. The summed E-state index contributed by atoms with van der Waals surface area (Å²) in [5.74, 6) is 0.561. The number of nitrogens with one attached hydrogen (secondary N) is 1. The standard InChI is InChI=1S/C31H34F2N8O2S/c1-20-16-40(17-22-9-21(13-34)10-24(32)11-22)7-4-26(20)31-27-12-30(36-14-23(27)3-6-35-31)38-29-5-8-41(19-28(29)33)44(42,43)25-15-37-39(2)18-25/h3,6,9-12,14-15,18,20,26,28-29H,4-5,7-8,16-17,19H2,1-2H3,(H,36,38)/t20-,26-,28-,29-/m1/s1. The number of halogens is 2. The predicted octanol–water partition coefficient (Wildman–Crippen LogP) is 4.21. The Kier molecular flexibility index (Phi) is 8.32. The molecule has 1 aromatic carbocycles. The second-order valence-corrected chi connectivity index (χ2v) is 13.8. The Morgan fingerprint density at radius 2 is 1.95 bits per heavy atom. The Hall–Kier alpha value is -3.99. The van der Waals surface area contributed by atoms with Gasteiger partial charge in [0, 0.05) is 68.5 Å². The molecule has 4 atom stereocenters. The van der Waals surface area contributed by atoms with Crippen LogP contribution in [0.5, 0.6) is 0 Å². The highest BCUT2D eigenvalue weighted by molar-refractivity contribution is 7.89. The smallest absolute Gasteiger partial charge is 0.246 e. The number of pyridine rings is 2. The number of likely N-dealkylation sites (tertiary alicyclic amines) is 1. The van der Waals surface area contributed by atoms with Crippen LogP contribution < -0.4 is 5.32 Å². The number of sulfonamides is 1. The molecule has 2 fully saturated rings. The van der Waals surface area contributed by atoms with Crippen molar-refractivity contribution < 1.29 is 17.2 Å². The van der Waals surface area contributed by atoms with Crippen LogP contribution in [-0.4, -0.2) is 75.8 Å². The van der Waals surface area contributed by atoms with E-state index in [9.17, 15) is 18.1 Å². The van der Waals surface area contributed by atoms with Crippen molar-refractivity contribution in [1.29, 1.82) is 5.26 Å². The van der Waals surface area contributed by atoms with Gasteiger partial charge in [-0.1, -0.05) is 6.92 Å². The van der Waals surface area contributed by atoms with Crippen LogP contribution in [0, 0.1) is 23.1 Å². The normalized spacial score (nSPS) is 23.4. The number of hydrogen-bond donors (Lipinski definition) is 1. The molecule has 2 aliphatic heterocycles. The number of hydrogen-bond acceptors (Lipinski definition) is 8. The molecule has 0 aliphatic carbocycles. The quantitative estimate of drug-likeness (QED) is 0.326. The Morgan fingerprint density at radius 1 is 1.11 bits per heavy atom. The molecular weight excluding hydrogens is 586 g/mol. The van der Waals surface area contributed by atoms with Gasteiger partial charge < -0.3 is 5.32 Å². The molecule has 5 heterocycles. The van der Waals surface area contributed by atoms with E-state index in [4.69, 9.17) is 4.98 Å². The summed E-state index contributed by atoms with van der Waals surface area (Å²) in [7, 11) is -2.19. The molecule has 2 aliphatic rings. The van der Waals surface area contributed by atoms with Crippen LogP contribution in [0.25, 0.3) is 10.8 Å². The second kappa shape index (κ2) is 12.2. The number of nitriles is 1. The molecule has 0 radical (unpaired) electrons. The molecule has 0 bridgehead atoms. The third-order valence-electron chi connectivity index (χ3n) is 8.67. The third-order valence-corrected chi connectivity index (χ3v) is 10.5. The van der Waals surface area contributed by atoms with Crippen LogP contribution in [-0.2, 0) is 23.6 Å². The number of anilines is 1. The van der Waals surface area contributed by atoms with Crippen LogP contribution in [0.3, 0.4) is 0 Å². The average molecular weight is 621 g/mol. The number of nitrogens with zero attached hydrogens (tertiary/aromatic N) is 7. The average Bonchev–Trinajstić information content (AvgIpc) is 3.45. The van der Waals surface area contributed by atoms with Crippen molar-refractivity contribution in [2.24, 2.45) is 13.0 Å². The van der Waals surface area contributed by atoms with Crippen molar-refractivity contribution in [3.05, 3.63) is 77.8 Å². The number of rotatable bonds is 7. The number of fused-ring (bicyclic) bond motifs is 1. The summed E-state index contributed by atoms with van der Waals surface area (Å²) in [5, 5.41) is 18.2. The summed E-state index contributed by atoms with van der Waals surface area (Å²) in [4.78, 5) is 11.6. The minimum absolute atomic E-state index is 0.0528. The molecule has 230 valence electrons. The van der Waals surface area contributed by atoms with Gasteiger partial charge in [-0.05, 0) is 61.2 Å². The molecule has 4 aromatic rings. The summed E-state index contributed by atoms with van der Waals surface area (Å²) in [6.07, 6.45) is 5.96. The molecule has 1 N–H and O–H groups in total. The Morgan fingerprint density at radius 3 is 2.68 bits per heavy atom. The lowest BCUT2D eigenvalue weighted by Gasteiger charge is -2.37. The van der Waals surface area contributed by atoms with Gasteiger partial charge >= 0.3 is 0 Å². The number of benzene rings is 1. The van der Waals surface area contributed by atoms with Crippen LogP contribution >= 0.6 is 0 Å². The van der Waals surface area contributed by atoms with Crippen LogP contribution in [0.2, 0.25) is 0 Å². The van der Waals surface area contributed by atoms with Crippen LogP contribution in [0.1, 0.15) is 42.5 Å². The van der Waals surface area contributed by atoms with Gasteiger partial charge in [-0.2, -0.15) is 14.7 Å². The van der Waals surface area contributed by atoms with Gasteiger partial charge in [-0.25, -0.2) is 22.2 Å². The topological polar surface area (TPSA) is 120 Å². The second-order valence-electron chi connectivity index (χ2n) is 11.8. The molecule has 3 aromatic heterocycles. The van der Waals surface area contributed by atoms with Crippen LogP contribution in [0.4, 0.5) is 14.6 Å². The molecule has 10 nitrogen and oxygen atoms in total. The van der Waals surface area contributed by atoms with Gasteiger partial charge in [0.05, 0.1) is 29.6 Å². The lowest BCUT2D eigenvalue weighted by molar-refractivity contribution is 0.155. The zero-order valence-electron chi connectivity index (χ0n) is 24.6. The molecule has 2 saturated heterocycles. The number of piperidine rings is 2. The van der Waals surface area contributed by atoms with E-state index in [2.05, 4.69) is 27.2 Å². The van der Waals surface area contributed by atoms with Crippen LogP contribution in [0.15, 0.2) is 60.0 Å². The number of aromatic nitrogens is 4. The van der Waals surface area contributed by atoms with Gasteiger partial charge in [0.25, 0.3) is 0 Å². The van der Waals surface area contributed by atoms with E-state index in [1.807, 2.05) is 18.2 Å². The summed E-state index contributed by atoms with van der Waals surface area (Å²) in [5.41, 5.74) is 2.07. The molecule has 6 rings (SSSR count). The van der Waals surface area contributed by atoms with Crippen molar-refractivity contribution in [1.82, 2.24) is 29.0 Å². The van der Waals surface area contributed by atoms with Gasteiger partial charge in [-0.15, -0.1) is 0 Å². The van der Waals surface area contributed by atoms with E-state index >= 15 is 4.39 Å². The summed E-state index contributed by atoms with van der Waals surface area (Å²) in [6, 6.07) is 9.71. The van der Waals surface area contributed by atoms with E-state index in [-0.39, 0.29) is 36.2 Å². The third kappa shape index (κ3) is 6.15. The molecule has 0 saturated carbocycles. The van der Waals surface area contributed by atoms with E-state index in [1.54, 1.807) is 25.5 Å². The monoisotopic (exact) mass is 620 g/mol. The van der Waals surface area contributed by atoms with Gasteiger partial charge in [-0.3, -0.25) is 14.6 Å². The Labute approximate surface area is 255 Å². The summed E-state index contributed by atoms with van der Waals surface area (Å²) in [6.45, 7) is 4.27. The number of aryl methyl sites for hydroxylation is 1. The zero-order valence-corrected chi connectivity index (χ0v) is 25.4. The van der Waals surface area contributed by atoms with Crippen molar-refractivity contribution in [2.45, 2.75) is 49.3 Å². The maximum Gasteiger partial charge on any atom is 0.246 e. The maximum atomic E-state index is 15.4. The lowest BCUT2D eigenvalue weighted by atomic mass is 9.82. The molecular formula is C31H34F2N8O2S. The first-order chi connectivity index (χ1) is 21.1. The van der Waals surface area contributed by atoms with Crippen molar-refractivity contribution in [3.8, 4) is 6.07 Å². The first-order valence-corrected chi connectivity index (χ1v) is 16.1.